The summed E-state index contributed by atoms with van der Waals surface area (Å²) in [6.07, 6.45) is 5.44. The van der Waals surface area contributed by atoms with Gasteiger partial charge in [-0.05, 0) is 22.6 Å². The fourth-order valence-electron chi connectivity index (χ4n) is 1.22. The van der Waals surface area contributed by atoms with Gasteiger partial charge in [0.1, 0.15) is 5.82 Å². The second-order valence-corrected chi connectivity index (χ2v) is 4.21. The minimum absolute atomic E-state index is 0.688. The number of nitrogens with one attached hydrogen (secondary N) is 1. The number of hydrogen-bond acceptors (Lipinski definition) is 4. The normalized spacial score (nSPS) is 10.3. The third kappa shape index (κ3) is 2.09. The molecule has 0 radical (unpaired) electrons. The summed E-state index contributed by atoms with van der Waals surface area (Å²) in [4.78, 5) is 8.65. The first-order chi connectivity index (χ1) is 7.20. The monoisotopic (exact) mass is 315 g/mol. The number of nitrogens with zero attached hydrogens (tertiary/aromatic N) is 4. The number of anilines is 1. The molecule has 0 aromatic carbocycles. The average molecular weight is 315 g/mol. The maximum absolute atomic E-state index is 4.39. The molecule has 2 aromatic rings. The van der Waals surface area contributed by atoms with E-state index < -0.39 is 0 Å². The molecular weight excluding hydrogens is 305 g/mol. The van der Waals surface area contributed by atoms with Crippen LogP contribution < -0.4 is 5.32 Å². The van der Waals surface area contributed by atoms with Gasteiger partial charge in [0.05, 0.1) is 15.3 Å². The SMILES string of the molecule is CNc1nc(-c2cnn(C)c2)ncc1I. The highest BCUT2D eigenvalue weighted by molar-refractivity contribution is 14.1. The predicted octanol–water partition coefficient (Wildman–Crippen LogP) is 1.52. The zero-order valence-electron chi connectivity index (χ0n) is 8.40. The Kier molecular flexibility index (Phi) is 2.85. The van der Waals surface area contributed by atoms with Crippen LogP contribution in [0.15, 0.2) is 18.6 Å². The quantitative estimate of drug-likeness (QED) is 0.854. The van der Waals surface area contributed by atoms with Crippen LogP contribution in [-0.2, 0) is 7.05 Å². The van der Waals surface area contributed by atoms with Crippen molar-refractivity contribution in [3.8, 4) is 11.4 Å². The van der Waals surface area contributed by atoms with Crippen LogP contribution in [-0.4, -0.2) is 26.8 Å². The highest BCUT2D eigenvalue weighted by atomic mass is 127. The van der Waals surface area contributed by atoms with E-state index in [-0.39, 0.29) is 0 Å². The fraction of sp³-hybridized carbons (Fsp3) is 0.222. The molecule has 0 saturated carbocycles. The van der Waals surface area contributed by atoms with E-state index in [9.17, 15) is 0 Å². The van der Waals surface area contributed by atoms with Gasteiger partial charge in [0.15, 0.2) is 5.82 Å². The molecule has 0 aliphatic rings. The van der Waals surface area contributed by atoms with E-state index in [0.29, 0.717) is 5.82 Å². The summed E-state index contributed by atoms with van der Waals surface area (Å²) >= 11 is 2.19. The molecular formula is C9H10IN5. The van der Waals surface area contributed by atoms with Crippen molar-refractivity contribution in [3.05, 3.63) is 22.2 Å². The van der Waals surface area contributed by atoms with Gasteiger partial charge in [-0.25, -0.2) is 9.97 Å². The van der Waals surface area contributed by atoms with Crippen molar-refractivity contribution in [3.63, 3.8) is 0 Å². The van der Waals surface area contributed by atoms with Gasteiger partial charge in [-0.1, -0.05) is 0 Å². The summed E-state index contributed by atoms with van der Waals surface area (Å²) in [6.45, 7) is 0. The third-order valence-corrected chi connectivity index (χ3v) is 2.73. The van der Waals surface area contributed by atoms with Crippen molar-refractivity contribution in [1.82, 2.24) is 19.7 Å². The second-order valence-electron chi connectivity index (χ2n) is 3.04. The van der Waals surface area contributed by atoms with E-state index in [1.165, 1.54) is 0 Å². The Hall–Kier alpha value is -1.18. The van der Waals surface area contributed by atoms with Gasteiger partial charge in [0.25, 0.3) is 0 Å². The first kappa shape index (κ1) is 10.3. The van der Waals surface area contributed by atoms with Crippen LogP contribution in [0.3, 0.4) is 0 Å². The minimum Gasteiger partial charge on any atom is -0.372 e. The van der Waals surface area contributed by atoms with E-state index in [1.807, 2.05) is 20.3 Å². The predicted molar refractivity (Wildman–Crippen MR) is 66.5 cm³/mol. The molecule has 2 aromatic heterocycles. The zero-order chi connectivity index (χ0) is 10.8. The minimum atomic E-state index is 0.688. The Morgan fingerprint density at radius 2 is 2.20 bits per heavy atom. The Morgan fingerprint density at radius 3 is 2.80 bits per heavy atom. The molecule has 2 heterocycles. The van der Waals surface area contributed by atoms with Crippen LogP contribution in [0.4, 0.5) is 5.82 Å². The van der Waals surface area contributed by atoms with Crippen LogP contribution in [0.2, 0.25) is 0 Å². The van der Waals surface area contributed by atoms with Gasteiger partial charge in [0, 0.05) is 26.5 Å². The Labute approximate surface area is 101 Å². The Morgan fingerprint density at radius 1 is 1.40 bits per heavy atom. The summed E-state index contributed by atoms with van der Waals surface area (Å²) in [5.74, 6) is 1.53. The fourth-order valence-corrected chi connectivity index (χ4v) is 1.75. The van der Waals surface area contributed by atoms with Crippen molar-refractivity contribution in [2.45, 2.75) is 0 Å². The molecule has 0 aliphatic heterocycles. The molecule has 0 aliphatic carbocycles. The second kappa shape index (κ2) is 4.13. The molecule has 0 fully saturated rings. The summed E-state index contributed by atoms with van der Waals surface area (Å²) in [5.41, 5.74) is 0.922. The Bertz CT molecular complexity index is 479. The van der Waals surface area contributed by atoms with Gasteiger partial charge in [-0.2, -0.15) is 5.10 Å². The van der Waals surface area contributed by atoms with Crippen LogP contribution >= 0.6 is 22.6 Å². The summed E-state index contributed by atoms with van der Waals surface area (Å²) < 4.78 is 2.73. The lowest BCUT2D eigenvalue weighted by molar-refractivity contribution is 0.768. The molecule has 15 heavy (non-hydrogen) atoms. The van der Waals surface area contributed by atoms with E-state index in [4.69, 9.17) is 0 Å². The molecule has 6 heteroatoms. The standard InChI is InChI=1S/C9H10IN5/c1-11-9-7(10)4-12-8(14-9)6-3-13-15(2)5-6/h3-5H,1-2H3,(H,11,12,14). The van der Waals surface area contributed by atoms with Gasteiger partial charge >= 0.3 is 0 Å². The lowest BCUT2D eigenvalue weighted by atomic mass is 10.3. The molecule has 0 amide bonds. The topological polar surface area (TPSA) is 55.6 Å². The molecule has 5 nitrogen and oxygen atoms in total. The van der Waals surface area contributed by atoms with E-state index in [0.717, 1.165) is 15.0 Å². The lowest BCUT2D eigenvalue weighted by Gasteiger charge is -2.03. The molecule has 0 spiro atoms. The van der Waals surface area contributed by atoms with Gasteiger partial charge in [0.2, 0.25) is 0 Å². The third-order valence-electron chi connectivity index (χ3n) is 1.94. The molecule has 0 bridgehead atoms. The maximum atomic E-state index is 4.39. The largest absolute Gasteiger partial charge is 0.372 e. The van der Waals surface area contributed by atoms with Crippen molar-refractivity contribution >= 4 is 28.4 Å². The molecule has 0 unspecified atom stereocenters. The lowest BCUT2D eigenvalue weighted by Crippen LogP contribution is -1.98. The van der Waals surface area contributed by atoms with Crippen molar-refractivity contribution in [2.75, 3.05) is 12.4 Å². The summed E-state index contributed by atoms with van der Waals surface area (Å²) in [7, 11) is 3.71. The molecule has 2 rings (SSSR count). The molecule has 0 saturated heterocycles. The van der Waals surface area contributed by atoms with Gasteiger partial charge in [-0.15, -0.1) is 0 Å². The van der Waals surface area contributed by atoms with Crippen molar-refractivity contribution in [2.24, 2.45) is 7.05 Å². The number of rotatable bonds is 2. The van der Waals surface area contributed by atoms with Crippen LogP contribution in [0.25, 0.3) is 11.4 Å². The average Bonchev–Trinajstić information content (AvgIpc) is 2.66. The van der Waals surface area contributed by atoms with Gasteiger partial charge < -0.3 is 5.32 Å². The van der Waals surface area contributed by atoms with Crippen LogP contribution in [0, 0.1) is 3.57 Å². The molecule has 78 valence electrons. The van der Waals surface area contributed by atoms with E-state index in [1.54, 1.807) is 17.1 Å². The zero-order valence-corrected chi connectivity index (χ0v) is 10.6. The van der Waals surface area contributed by atoms with Gasteiger partial charge in [-0.3, -0.25) is 4.68 Å². The summed E-state index contributed by atoms with van der Waals surface area (Å²) in [6, 6.07) is 0. The number of aryl methyl sites for hydroxylation is 1. The van der Waals surface area contributed by atoms with Crippen LogP contribution in [0.1, 0.15) is 0 Å². The van der Waals surface area contributed by atoms with Crippen molar-refractivity contribution < 1.29 is 0 Å². The smallest absolute Gasteiger partial charge is 0.164 e. The first-order valence-electron chi connectivity index (χ1n) is 4.40. The van der Waals surface area contributed by atoms with Crippen molar-refractivity contribution in [1.29, 1.82) is 0 Å². The molecule has 0 atom stereocenters. The maximum Gasteiger partial charge on any atom is 0.164 e. The number of halogens is 1. The number of aromatic nitrogens is 4. The first-order valence-corrected chi connectivity index (χ1v) is 5.48. The summed E-state index contributed by atoms with van der Waals surface area (Å²) in [5, 5.41) is 7.11. The highest BCUT2D eigenvalue weighted by Gasteiger charge is 2.06. The Balaban J connectivity index is 2.45. The number of hydrogen-bond donors (Lipinski definition) is 1. The highest BCUT2D eigenvalue weighted by Crippen LogP contribution is 2.19. The van der Waals surface area contributed by atoms with E-state index >= 15 is 0 Å². The molecule has 1 N–H and O–H groups in total. The van der Waals surface area contributed by atoms with E-state index in [2.05, 4.69) is 43.0 Å². The van der Waals surface area contributed by atoms with Crippen LogP contribution in [0.5, 0.6) is 0 Å².